The standard InChI is InChI=1S/C10H20N2O2/c1-7(13)6-12-9(14)10(2)5-3-4-8(10)11/h7-8,13H,3-6,11H2,1-2H3,(H,12,14)/t7-,8?,10?/m0/s1. The summed E-state index contributed by atoms with van der Waals surface area (Å²) in [4.78, 5) is 11.8. The highest BCUT2D eigenvalue weighted by atomic mass is 16.3. The molecule has 1 aliphatic rings. The lowest BCUT2D eigenvalue weighted by atomic mass is 9.84. The minimum atomic E-state index is -0.500. The normalized spacial score (nSPS) is 34.1. The first-order valence-electron chi connectivity index (χ1n) is 5.19. The highest BCUT2D eigenvalue weighted by Gasteiger charge is 2.42. The third-order valence-corrected chi connectivity index (χ3v) is 3.11. The molecule has 1 fully saturated rings. The first-order chi connectivity index (χ1) is 6.47. The second kappa shape index (κ2) is 4.28. The van der Waals surface area contributed by atoms with Crippen molar-refractivity contribution in [1.82, 2.24) is 5.32 Å². The third-order valence-electron chi connectivity index (χ3n) is 3.11. The molecule has 0 aliphatic heterocycles. The van der Waals surface area contributed by atoms with Crippen LogP contribution in [0.5, 0.6) is 0 Å². The number of hydrogen-bond donors (Lipinski definition) is 3. The molecule has 0 spiro atoms. The van der Waals surface area contributed by atoms with Crippen LogP contribution < -0.4 is 11.1 Å². The molecule has 0 bridgehead atoms. The van der Waals surface area contributed by atoms with Gasteiger partial charge in [0.1, 0.15) is 0 Å². The van der Waals surface area contributed by atoms with Crippen LogP contribution in [-0.4, -0.2) is 29.7 Å². The lowest BCUT2D eigenvalue weighted by molar-refractivity contribution is -0.130. The van der Waals surface area contributed by atoms with E-state index >= 15 is 0 Å². The fourth-order valence-corrected chi connectivity index (χ4v) is 1.92. The summed E-state index contributed by atoms with van der Waals surface area (Å²) in [5.41, 5.74) is 5.46. The van der Waals surface area contributed by atoms with Gasteiger partial charge in [-0.3, -0.25) is 4.79 Å². The van der Waals surface area contributed by atoms with Crippen LogP contribution in [-0.2, 0) is 4.79 Å². The molecule has 0 aromatic carbocycles. The van der Waals surface area contributed by atoms with E-state index in [-0.39, 0.29) is 11.9 Å². The molecule has 1 rings (SSSR count). The van der Waals surface area contributed by atoms with Gasteiger partial charge in [0.2, 0.25) is 5.91 Å². The maximum atomic E-state index is 11.8. The second-order valence-electron chi connectivity index (χ2n) is 4.48. The first-order valence-corrected chi connectivity index (χ1v) is 5.19. The number of rotatable bonds is 3. The van der Waals surface area contributed by atoms with Crippen molar-refractivity contribution in [2.75, 3.05) is 6.54 Å². The third kappa shape index (κ3) is 2.25. The number of nitrogens with two attached hydrogens (primary N) is 1. The van der Waals surface area contributed by atoms with Gasteiger partial charge in [0, 0.05) is 12.6 Å². The van der Waals surface area contributed by atoms with E-state index in [0.717, 1.165) is 19.3 Å². The average molecular weight is 200 g/mol. The molecule has 14 heavy (non-hydrogen) atoms. The molecule has 0 heterocycles. The van der Waals surface area contributed by atoms with Crippen LogP contribution in [0.1, 0.15) is 33.1 Å². The molecule has 2 unspecified atom stereocenters. The van der Waals surface area contributed by atoms with Gasteiger partial charge in [-0.2, -0.15) is 0 Å². The molecular formula is C10H20N2O2. The van der Waals surface area contributed by atoms with E-state index in [1.165, 1.54) is 0 Å². The Hall–Kier alpha value is -0.610. The van der Waals surface area contributed by atoms with E-state index in [2.05, 4.69) is 5.32 Å². The molecule has 1 aliphatic carbocycles. The number of aliphatic hydroxyl groups excluding tert-OH is 1. The minimum Gasteiger partial charge on any atom is -0.392 e. The van der Waals surface area contributed by atoms with Crippen LogP contribution in [0.15, 0.2) is 0 Å². The SMILES string of the molecule is C[C@H](O)CNC(=O)C1(C)CCCC1N. The summed E-state index contributed by atoms with van der Waals surface area (Å²) in [5, 5.41) is 11.8. The fourth-order valence-electron chi connectivity index (χ4n) is 1.92. The van der Waals surface area contributed by atoms with Crippen molar-refractivity contribution in [3.05, 3.63) is 0 Å². The molecule has 3 atom stereocenters. The zero-order chi connectivity index (χ0) is 10.8. The Kier molecular flexibility index (Phi) is 3.50. The van der Waals surface area contributed by atoms with E-state index < -0.39 is 11.5 Å². The number of aliphatic hydroxyl groups is 1. The topological polar surface area (TPSA) is 75.3 Å². The second-order valence-corrected chi connectivity index (χ2v) is 4.48. The lowest BCUT2D eigenvalue weighted by Gasteiger charge is -2.27. The highest BCUT2D eigenvalue weighted by molar-refractivity contribution is 5.83. The maximum Gasteiger partial charge on any atom is 0.227 e. The van der Waals surface area contributed by atoms with Gasteiger partial charge in [-0.1, -0.05) is 6.42 Å². The van der Waals surface area contributed by atoms with Gasteiger partial charge in [-0.25, -0.2) is 0 Å². The van der Waals surface area contributed by atoms with Crippen molar-refractivity contribution in [3.63, 3.8) is 0 Å². The average Bonchev–Trinajstić information content (AvgIpc) is 2.44. The van der Waals surface area contributed by atoms with Crippen molar-refractivity contribution in [3.8, 4) is 0 Å². The van der Waals surface area contributed by atoms with Gasteiger partial charge in [0.15, 0.2) is 0 Å². The number of amides is 1. The van der Waals surface area contributed by atoms with Gasteiger partial charge in [0.05, 0.1) is 11.5 Å². The molecule has 4 nitrogen and oxygen atoms in total. The molecular weight excluding hydrogens is 180 g/mol. The van der Waals surface area contributed by atoms with Gasteiger partial charge in [0.25, 0.3) is 0 Å². The molecule has 1 saturated carbocycles. The summed E-state index contributed by atoms with van der Waals surface area (Å²) < 4.78 is 0. The van der Waals surface area contributed by atoms with Crippen molar-refractivity contribution in [2.45, 2.75) is 45.3 Å². The van der Waals surface area contributed by atoms with E-state index in [4.69, 9.17) is 10.8 Å². The Balaban J connectivity index is 2.50. The highest BCUT2D eigenvalue weighted by Crippen LogP contribution is 2.36. The Morgan fingerprint density at radius 2 is 2.43 bits per heavy atom. The van der Waals surface area contributed by atoms with E-state index in [9.17, 15) is 4.79 Å². The predicted octanol–water partition coefficient (Wildman–Crippen LogP) is 0.000900. The molecule has 82 valence electrons. The maximum absolute atomic E-state index is 11.8. The molecule has 4 N–H and O–H groups in total. The Bertz CT molecular complexity index is 218. The van der Waals surface area contributed by atoms with E-state index in [0.29, 0.717) is 6.54 Å². The monoisotopic (exact) mass is 200 g/mol. The predicted molar refractivity (Wildman–Crippen MR) is 54.6 cm³/mol. The molecule has 0 aromatic rings. The van der Waals surface area contributed by atoms with Crippen LogP contribution in [0.25, 0.3) is 0 Å². The molecule has 0 saturated heterocycles. The largest absolute Gasteiger partial charge is 0.392 e. The van der Waals surface area contributed by atoms with Crippen LogP contribution in [0.3, 0.4) is 0 Å². The quantitative estimate of drug-likeness (QED) is 0.600. The zero-order valence-corrected chi connectivity index (χ0v) is 8.92. The van der Waals surface area contributed by atoms with Gasteiger partial charge in [-0.15, -0.1) is 0 Å². The Morgan fingerprint density at radius 3 is 2.86 bits per heavy atom. The fraction of sp³-hybridized carbons (Fsp3) is 0.900. The van der Waals surface area contributed by atoms with Gasteiger partial charge in [-0.05, 0) is 26.7 Å². The molecule has 1 amide bonds. The summed E-state index contributed by atoms with van der Waals surface area (Å²) in [5.74, 6) is -0.0246. The van der Waals surface area contributed by atoms with Crippen molar-refractivity contribution in [2.24, 2.45) is 11.1 Å². The summed E-state index contributed by atoms with van der Waals surface area (Å²) in [7, 11) is 0. The molecule has 0 aromatic heterocycles. The summed E-state index contributed by atoms with van der Waals surface area (Å²) in [6.45, 7) is 3.86. The summed E-state index contributed by atoms with van der Waals surface area (Å²) >= 11 is 0. The summed E-state index contributed by atoms with van der Waals surface area (Å²) in [6, 6.07) is -0.0449. The van der Waals surface area contributed by atoms with Crippen LogP contribution in [0, 0.1) is 5.41 Å². The summed E-state index contributed by atoms with van der Waals surface area (Å²) in [6.07, 6.45) is 2.28. The van der Waals surface area contributed by atoms with Crippen LogP contribution in [0.2, 0.25) is 0 Å². The zero-order valence-electron chi connectivity index (χ0n) is 8.92. The van der Waals surface area contributed by atoms with E-state index in [1.807, 2.05) is 6.92 Å². The van der Waals surface area contributed by atoms with Crippen LogP contribution >= 0.6 is 0 Å². The Morgan fingerprint density at radius 1 is 1.79 bits per heavy atom. The van der Waals surface area contributed by atoms with Crippen molar-refractivity contribution < 1.29 is 9.90 Å². The van der Waals surface area contributed by atoms with Gasteiger partial charge < -0.3 is 16.2 Å². The van der Waals surface area contributed by atoms with Crippen LogP contribution in [0.4, 0.5) is 0 Å². The van der Waals surface area contributed by atoms with Crippen molar-refractivity contribution in [1.29, 1.82) is 0 Å². The number of nitrogens with one attached hydrogen (secondary N) is 1. The first kappa shape index (κ1) is 11.5. The number of carbonyl (C=O) groups excluding carboxylic acids is 1. The lowest BCUT2D eigenvalue weighted by Crippen LogP contribution is -2.48. The number of hydrogen-bond acceptors (Lipinski definition) is 3. The van der Waals surface area contributed by atoms with Crippen molar-refractivity contribution >= 4 is 5.91 Å². The van der Waals surface area contributed by atoms with E-state index in [1.54, 1.807) is 6.92 Å². The molecule has 0 radical (unpaired) electrons. The minimum absolute atomic E-state index is 0.0246. The number of carbonyl (C=O) groups is 1. The Labute approximate surface area is 84.9 Å². The van der Waals surface area contributed by atoms with Gasteiger partial charge >= 0.3 is 0 Å². The smallest absolute Gasteiger partial charge is 0.227 e. The molecule has 4 heteroatoms.